The van der Waals surface area contributed by atoms with Crippen LogP contribution in [0.4, 0.5) is 0 Å². The molecule has 1 aliphatic carbocycles. The standard InChI is InChI=1S/C15H18NO6P/c1-9(10-2-4-11(17)5-3-10)15(19)13-7-6-12(18)8-14(13)16-23(20,21)22/h2-7,9,15,17,19H,8H2,1H3,(H3,16,20,21,22). The highest BCUT2D eigenvalue weighted by Crippen LogP contribution is 2.35. The van der Waals surface area contributed by atoms with Gasteiger partial charge in [-0.15, -0.1) is 0 Å². The first kappa shape index (κ1) is 17.4. The van der Waals surface area contributed by atoms with Crippen LogP contribution in [0.5, 0.6) is 5.75 Å². The summed E-state index contributed by atoms with van der Waals surface area (Å²) in [4.78, 5) is 29.6. The minimum Gasteiger partial charge on any atom is -0.508 e. The molecule has 0 saturated heterocycles. The number of carbonyl (C=O) groups excluding carboxylic acids is 1. The minimum atomic E-state index is -4.58. The molecule has 1 aromatic rings. The fourth-order valence-electron chi connectivity index (χ4n) is 2.41. The Bertz CT molecular complexity index is 703. The molecule has 0 aromatic heterocycles. The number of phenols is 1. The van der Waals surface area contributed by atoms with Gasteiger partial charge in [-0.25, -0.2) is 4.57 Å². The van der Waals surface area contributed by atoms with Gasteiger partial charge in [0.15, 0.2) is 5.78 Å². The summed E-state index contributed by atoms with van der Waals surface area (Å²) in [5.41, 5.74) is 1.01. The summed E-state index contributed by atoms with van der Waals surface area (Å²) < 4.78 is 11.2. The Kier molecular flexibility index (Phi) is 5.06. The van der Waals surface area contributed by atoms with Crippen molar-refractivity contribution in [2.45, 2.75) is 25.4 Å². The van der Waals surface area contributed by atoms with Crippen molar-refractivity contribution in [2.75, 3.05) is 0 Å². The molecule has 2 rings (SSSR count). The molecule has 5 N–H and O–H groups in total. The van der Waals surface area contributed by atoms with Gasteiger partial charge in [-0.3, -0.25) is 9.88 Å². The van der Waals surface area contributed by atoms with Gasteiger partial charge in [0.1, 0.15) is 5.75 Å². The van der Waals surface area contributed by atoms with Crippen LogP contribution in [0.1, 0.15) is 24.8 Å². The number of hydrogen-bond acceptors (Lipinski definition) is 4. The second kappa shape index (κ2) is 6.68. The van der Waals surface area contributed by atoms with Gasteiger partial charge in [0, 0.05) is 17.2 Å². The zero-order valence-electron chi connectivity index (χ0n) is 12.4. The third-order valence-corrected chi connectivity index (χ3v) is 4.20. The van der Waals surface area contributed by atoms with Crippen LogP contribution >= 0.6 is 7.75 Å². The predicted molar refractivity (Wildman–Crippen MR) is 83.5 cm³/mol. The molecule has 0 fully saturated rings. The Hall–Kier alpha value is -1.92. The molecule has 2 atom stereocenters. The molecule has 0 spiro atoms. The first-order valence-corrected chi connectivity index (χ1v) is 8.53. The van der Waals surface area contributed by atoms with Crippen molar-refractivity contribution in [1.82, 2.24) is 5.09 Å². The molecule has 0 bridgehead atoms. The van der Waals surface area contributed by atoms with Gasteiger partial charge in [-0.1, -0.05) is 25.1 Å². The van der Waals surface area contributed by atoms with Gasteiger partial charge >= 0.3 is 7.75 Å². The summed E-state index contributed by atoms with van der Waals surface area (Å²) >= 11 is 0. The molecule has 1 aromatic carbocycles. The molecular weight excluding hydrogens is 321 g/mol. The Balaban J connectivity index is 2.33. The number of hydrogen-bond donors (Lipinski definition) is 5. The highest BCUT2D eigenvalue weighted by Gasteiger charge is 2.27. The number of nitrogens with one attached hydrogen (secondary N) is 1. The highest BCUT2D eigenvalue weighted by atomic mass is 31.2. The molecule has 23 heavy (non-hydrogen) atoms. The number of aliphatic hydroxyl groups excluding tert-OH is 1. The molecular formula is C15H18NO6P. The molecule has 0 amide bonds. The second-order valence-electron chi connectivity index (χ2n) is 5.39. The fourth-order valence-corrected chi connectivity index (χ4v) is 2.96. The average molecular weight is 339 g/mol. The van der Waals surface area contributed by atoms with E-state index in [-0.39, 0.29) is 29.2 Å². The number of carbonyl (C=O) groups is 1. The number of aliphatic hydroxyl groups is 1. The van der Waals surface area contributed by atoms with E-state index in [9.17, 15) is 19.6 Å². The van der Waals surface area contributed by atoms with E-state index in [1.165, 1.54) is 24.3 Å². The van der Waals surface area contributed by atoms with Gasteiger partial charge < -0.3 is 20.0 Å². The normalized spacial score (nSPS) is 18.0. The van der Waals surface area contributed by atoms with E-state index in [1.54, 1.807) is 19.1 Å². The van der Waals surface area contributed by atoms with E-state index in [4.69, 9.17) is 9.79 Å². The van der Waals surface area contributed by atoms with Crippen molar-refractivity contribution in [3.63, 3.8) is 0 Å². The van der Waals surface area contributed by atoms with Crippen molar-refractivity contribution in [3.8, 4) is 5.75 Å². The maximum Gasteiger partial charge on any atom is 0.427 e. The van der Waals surface area contributed by atoms with Crippen LogP contribution in [0.25, 0.3) is 0 Å². The summed E-state index contributed by atoms with van der Waals surface area (Å²) in [5, 5.41) is 21.9. The van der Waals surface area contributed by atoms with Crippen LogP contribution in [0.15, 0.2) is 47.7 Å². The number of ketones is 1. The first-order valence-electron chi connectivity index (χ1n) is 6.92. The Morgan fingerprint density at radius 3 is 2.35 bits per heavy atom. The largest absolute Gasteiger partial charge is 0.508 e. The van der Waals surface area contributed by atoms with E-state index >= 15 is 0 Å². The lowest BCUT2D eigenvalue weighted by atomic mass is 9.87. The molecule has 0 aliphatic heterocycles. The smallest absolute Gasteiger partial charge is 0.427 e. The molecule has 0 saturated carbocycles. The fraction of sp³-hybridized carbons (Fsp3) is 0.267. The van der Waals surface area contributed by atoms with Crippen molar-refractivity contribution < 1.29 is 29.4 Å². The minimum absolute atomic E-state index is 0.0176. The van der Waals surface area contributed by atoms with E-state index < -0.39 is 19.8 Å². The number of phenolic OH excluding ortho intramolecular Hbond substituents is 1. The zero-order chi connectivity index (χ0) is 17.2. The molecule has 8 heteroatoms. The first-order chi connectivity index (χ1) is 10.7. The van der Waals surface area contributed by atoms with Crippen molar-refractivity contribution >= 4 is 13.5 Å². The van der Waals surface area contributed by atoms with Crippen LogP contribution in [0, 0.1) is 0 Å². The Labute approximate surface area is 133 Å². The third-order valence-electron chi connectivity index (χ3n) is 3.64. The van der Waals surface area contributed by atoms with E-state index in [0.29, 0.717) is 0 Å². The van der Waals surface area contributed by atoms with Crippen molar-refractivity contribution in [3.05, 3.63) is 53.3 Å². The number of aromatic hydroxyl groups is 1. The van der Waals surface area contributed by atoms with Crippen molar-refractivity contribution in [2.24, 2.45) is 0 Å². The summed E-state index contributed by atoms with van der Waals surface area (Å²) in [6.45, 7) is 1.74. The quantitative estimate of drug-likeness (QED) is 0.512. The van der Waals surface area contributed by atoms with Crippen LogP contribution < -0.4 is 5.09 Å². The second-order valence-corrected chi connectivity index (χ2v) is 6.70. The van der Waals surface area contributed by atoms with Crippen LogP contribution in [-0.2, 0) is 9.36 Å². The summed E-state index contributed by atoms with van der Waals surface area (Å²) in [5.74, 6) is -0.618. The lowest BCUT2D eigenvalue weighted by Gasteiger charge is -2.25. The van der Waals surface area contributed by atoms with E-state index in [0.717, 1.165) is 5.56 Å². The van der Waals surface area contributed by atoms with E-state index in [2.05, 4.69) is 0 Å². The Morgan fingerprint density at radius 1 is 1.17 bits per heavy atom. The lowest BCUT2D eigenvalue weighted by Crippen LogP contribution is -2.26. The van der Waals surface area contributed by atoms with Gasteiger partial charge in [0.25, 0.3) is 0 Å². The van der Waals surface area contributed by atoms with Crippen LogP contribution in [-0.4, -0.2) is 31.9 Å². The van der Waals surface area contributed by atoms with Crippen LogP contribution in [0.2, 0.25) is 0 Å². The van der Waals surface area contributed by atoms with Gasteiger partial charge in [0.2, 0.25) is 0 Å². The van der Waals surface area contributed by atoms with E-state index in [1.807, 2.05) is 5.09 Å². The van der Waals surface area contributed by atoms with Gasteiger partial charge in [-0.2, -0.15) is 0 Å². The predicted octanol–water partition coefficient (Wildman–Crippen LogP) is 1.32. The summed E-state index contributed by atoms with van der Waals surface area (Å²) in [7, 11) is -4.58. The summed E-state index contributed by atoms with van der Waals surface area (Å²) in [6, 6.07) is 6.28. The number of rotatable bonds is 5. The number of allylic oxidation sites excluding steroid dienone is 2. The molecule has 0 radical (unpaired) electrons. The number of benzene rings is 1. The molecule has 7 nitrogen and oxygen atoms in total. The zero-order valence-corrected chi connectivity index (χ0v) is 13.3. The molecule has 2 unspecified atom stereocenters. The average Bonchev–Trinajstić information content (AvgIpc) is 2.45. The third kappa shape index (κ3) is 4.53. The maximum absolute atomic E-state index is 11.5. The van der Waals surface area contributed by atoms with Gasteiger partial charge in [0.05, 0.1) is 12.5 Å². The topological polar surface area (TPSA) is 127 Å². The summed E-state index contributed by atoms with van der Waals surface area (Å²) in [6.07, 6.45) is 1.35. The SMILES string of the molecule is CC(c1ccc(O)cc1)C(O)C1=C(NP(=O)(O)O)CC(=O)C=C1. The maximum atomic E-state index is 11.5. The molecule has 0 heterocycles. The molecule has 124 valence electrons. The monoisotopic (exact) mass is 339 g/mol. The van der Waals surface area contributed by atoms with Crippen LogP contribution in [0.3, 0.4) is 0 Å². The lowest BCUT2D eigenvalue weighted by molar-refractivity contribution is -0.114. The Morgan fingerprint density at radius 2 is 1.78 bits per heavy atom. The molecule has 1 aliphatic rings. The van der Waals surface area contributed by atoms with Gasteiger partial charge in [-0.05, 0) is 23.8 Å². The highest BCUT2D eigenvalue weighted by molar-refractivity contribution is 7.49. The van der Waals surface area contributed by atoms with Crippen molar-refractivity contribution in [1.29, 1.82) is 0 Å².